The van der Waals surface area contributed by atoms with Crippen molar-refractivity contribution in [3.63, 3.8) is 0 Å². The van der Waals surface area contributed by atoms with E-state index in [1.54, 1.807) is 48.5 Å². The first-order chi connectivity index (χ1) is 14.4. The maximum Gasteiger partial charge on any atom is 0.335 e. The second-order valence-corrected chi connectivity index (χ2v) is 8.84. The second-order valence-electron chi connectivity index (χ2n) is 7.16. The highest BCUT2D eigenvalue weighted by atomic mass is 32.2. The minimum absolute atomic E-state index is 0.237. The number of anilines is 1. The highest BCUT2D eigenvalue weighted by Crippen LogP contribution is 2.22. The van der Waals surface area contributed by atoms with Crippen molar-refractivity contribution in [3.8, 4) is 0 Å². The van der Waals surface area contributed by atoms with Crippen molar-refractivity contribution in [2.45, 2.75) is 37.5 Å². The maximum atomic E-state index is 12.8. The van der Waals surface area contributed by atoms with Gasteiger partial charge in [-0.3, -0.25) is 4.72 Å². The van der Waals surface area contributed by atoms with Crippen LogP contribution in [0.4, 0.5) is 5.69 Å². The van der Waals surface area contributed by atoms with Crippen LogP contribution in [-0.4, -0.2) is 19.5 Å². The van der Waals surface area contributed by atoms with E-state index < -0.39 is 16.0 Å². The van der Waals surface area contributed by atoms with Gasteiger partial charge in [-0.05, 0) is 66.3 Å². The third-order valence-electron chi connectivity index (χ3n) is 4.92. The third-order valence-corrected chi connectivity index (χ3v) is 6.30. The highest BCUT2D eigenvalue weighted by Gasteiger charge is 2.16. The van der Waals surface area contributed by atoms with Crippen molar-refractivity contribution < 1.29 is 18.3 Å². The molecule has 0 saturated carbocycles. The summed E-state index contributed by atoms with van der Waals surface area (Å²) < 4.78 is 28.4. The summed E-state index contributed by atoms with van der Waals surface area (Å²) in [6.45, 7) is 2.09. The summed E-state index contributed by atoms with van der Waals surface area (Å²) in [5.41, 5.74) is 3.79. The summed E-state index contributed by atoms with van der Waals surface area (Å²) in [6, 6.07) is 21.0. The van der Waals surface area contributed by atoms with Crippen LogP contribution >= 0.6 is 0 Å². The smallest absolute Gasteiger partial charge is 0.335 e. The molecule has 2 N–H and O–H groups in total. The van der Waals surface area contributed by atoms with E-state index in [1.807, 2.05) is 24.3 Å². The standard InChI is InChI=1S/C24H25NO4S/c1-2-5-18-11-16-22(17-12-18)30(28,29)25-23-7-4-3-6-20(23)13-8-19-9-14-21(15-10-19)24(26)27/h3-4,6-7,9-12,14-17,25H,2,5,8,13H2,1H3,(H,26,27). The van der Waals surface area contributed by atoms with Gasteiger partial charge in [0.05, 0.1) is 16.1 Å². The molecule has 0 aromatic heterocycles. The average Bonchev–Trinajstić information content (AvgIpc) is 2.74. The summed E-state index contributed by atoms with van der Waals surface area (Å²) in [5, 5.41) is 9.00. The number of nitrogens with one attached hydrogen (secondary N) is 1. The predicted octanol–water partition coefficient (Wildman–Crippen LogP) is 4.92. The van der Waals surface area contributed by atoms with Crippen LogP contribution in [0.25, 0.3) is 0 Å². The molecule has 0 bridgehead atoms. The van der Waals surface area contributed by atoms with E-state index in [1.165, 1.54) is 0 Å². The number of rotatable bonds is 9. The normalized spacial score (nSPS) is 11.2. The molecule has 0 aliphatic carbocycles. The molecule has 0 unspecified atom stereocenters. The zero-order valence-corrected chi connectivity index (χ0v) is 17.7. The van der Waals surface area contributed by atoms with Crippen molar-refractivity contribution >= 4 is 21.7 Å². The number of carbonyl (C=O) groups is 1. The van der Waals surface area contributed by atoms with Gasteiger partial charge in [0, 0.05) is 0 Å². The molecular formula is C24H25NO4S. The summed E-state index contributed by atoms with van der Waals surface area (Å²) >= 11 is 0. The summed E-state index contributed by atoms with van der Waals surface area (Å²) in [5.74, 6) is -0.955. The number of hydrogen-bond acceptors (Lipinski definition) is 3. The van der Waals surface area contributed by atoms with E-state index in [0.717, 1.165) is 29.5 Å². The molecule has 0 radical (unpaired) electrons. The van der Waals surface area contributed by atoms with Gasteiger partial charge < -0.3 is 5.11 Å². The predicted molar refractivity (Wildman–Crippen MR) is 118 cm³/mol. The Hall–Kier alpha value is -3.12. The van der Waals surface area contributed by atoms with Crippen molar-refractivity contribution in [2.75, 3.05) is 4.72 Å². The topological polar surface area (TPSA) is 83.5 Å². The Kier molecular flexibility index (Phi) is 6.90. The van der Waals surface area contributed by atoms with Gasteiger partial charge in [0.1, 0.15) is 0 Å². The fraction of sp³-hybridized carbons (Fsp3) is 0.208. The Morgan fingerprint density at radius 3 is 2.07 bits per heavy atom. The number of benzene rings is 3. The number of carboxylic acids is 1. The lowest BCUT2D eigenvalue weighted by molar-refractivity contribution is 0.0697. The van der Waals surface area contributed by atoms with Crippen LogP contribution in [0.1, 0.15) is 40.4 Å². The lowest BCUT2D eigenvalue weighted by atomic mass is 10.0. The van der Waals surface area contributed by atoms with E-state index >= 15 is 0 Å². The zero-order chi connectivity index (χ0) is 21.6. The zero-order valence-electron chi connectivity index (χ0n) is 16.8. The Morgan fingerprint density at radius 1 is 0.833 bits per heavy atom. The lowest BCUT2D eigenvalue weighted by Gasteiger charge is -2.13. The molecule has 0 heterocycles. The molecule has 156 valence electrons. The molecule has 3 rings (SSSR count). The maximum absolute atomic E-state index is 12.8. The van der Waals surface area contributed by atoms with E-state index in [9.17, 15) is 13.2 Å². The van der Waals surface area contributed by atoms with Gasteiger partial charge in [0.25, 0.3) is 10.0 Å². The van der Waals surface area contributed by atoms with Crippen LogP contribution in [0.5, 0.6) is 0 Å². The van der Waals surface area contributed by atoms with Crippen LogP contribution in [0.2, 0.25) is 0 Å². The van der Waals surface area contributed by atoms with Gasteiger partial charge in [-0.2, -0.15) is 0 Å². The molecule has 3 aromatic rings. The molecule has 30 heavy (non-hydrogen) atoms. The number of aryl methyl sites for hydroxylation is 3. The fourth-order valence-corrected chi connectivity index (χ4v) is 4.36. The third kappa shape index (κ3) is 5.48. The quantitative estimate of drug-likeness (QED) is 0.511. The largest absolute Gasteiger partial charge is 0.478 e. The molecule has 0 spiro atoms. The fourth-order valence-electron chi connectivity index (χ4n) is 3.26. The summed E-state index contributed by atoms with van der Waals surface area (Å²) in [4.78, 5) is 11.2. The van der Waals surface area contributed by atoms with Crippen LogP contribution in [0.15, 0.2) is 77.7 Å². The van der Waals surface area contributed by atoms with Crippen LogP contribution < -0.4 is 4.72 Å². The first kappa shape index (κ1) is 21.6. The number of aromatic carboxylic acids is 1. The van der Waals surface area contributed by atoms with Crippen LogP contribution in [-0.2, 0) is 29.3 Å². The van der Waals surface area contributed by atoms with E-state index in [-0.39, 0.29) is 10.5 Å². The molecule has 0 aliphatic rings. The molecule has 0 fully saturated rings. The Morgan fingerprint density at radius 2 is 1.43 bits per heavy atom. The van der Waals surface area contributed by atoms with Gasteiger partial charge in [0.15, 0.2) is 0 Å². The van der Waals surface area contributed by atoms with E-state index in [0.29, 0.717) is 18.5 Å². The summed E-state index contributed by atoms with van der Waals surface area (Å²) in [7, 11) is -3.68. The van der Waals surface area contributed by atoms with Crippen LogP contribution in [0.3, 0.4) is 0 Å². The van der Waals surface area contributed by atoms with Gasteiger partial charge in [-0.15, -0.1) is 0 Å². The Labute approximate surface area is 177 Å². The number of para-hydroxylation sites is 1. The van der Waals surface area contributed by atoms with Crippen molar-refractivity contribution in [1.82, 2.24) is 0 Å². The first-order valence-electron chi connectivity index (χ1n) is 9.91. The molecule has 0 aliphatic heterocycles. The molecule has 6 heteroatoms. The van der Waals surface area contributed by atoms with Gasteiger partial charge in [-0.25, -0.2) is 13.2 Å². The van der Waals surface area contributed by atoms with Crippen LogP contribution in [0, 0.1) is 0 Å². The molecule has 0 atom stereocenters. The molecule has 3 aromatic carbocycles. The number of carboxylic acid groups (broad SMARTS) is 1. The summed E-state index contributed by atoms with van der Waals surface area (Å²) in [6.07, 6.45) is 3.23. The highest BCUT2D eigenvalue weighted by molar-refractivity contribution is 7.92. The SMILES string of the molecule is CCCc1ccc(S(=O)(=O)Nc2ccccc2CCc2ccc(C(=O)O)cc2)cc1. The molecule has 0 amide bonds. The van der Waals surface area contributed by atoms with Crippen molar-refractivity contribution in [3.05, 3.63) is 95.1 Å². The Balaban J connectivity index is 1.73. The minimum atomic E-state index is -3.68. The van der Waals surface area contributed by atoms with Gasteiger partial charge in [0.2, 0.25) is 0 Å². The van der Waals surface area contributed by atoms with E-state index in [2.05, 4.69) is 11.6 Å². The van der Waals surface area contributed by atoms with E-state index in [4.69, 9.17) is 5.11 Å². The number of sulfonamides is 1. The lowest BCUT2D eigenvalue weighted by Crippen LogP contribution is -2.14. The first-order valence-corrected chi connectivity index (χ1v) is 11.4. The molecule has 0 saturated heterocycles. The minimum Gasteiger partial charge on any atom is -0.478 e. The molecular weight excluding hydrogens is 398 g/mol. The number of hydrogen-bond donors (Lipinski definition) is 2. The van der Waals surface area contributed by atoms with Gasteiger partial charge in [-0.1, -0.05) is 55.8 Å². The monoisotopic (exact) mass is 423 g/mol. The van der Waals surface area contributed by atoms with Crippen molar-refractivity contribution in [2.24, 2.45) is 0 Å². The average molecular weight is 424 g/mol. The van der Waals surface area contributed by atoms with Crippen molar-refractivity contribution in [1.29, 1.82) is 0 Å². The second kappa shape index (κ2) is 9.59. The van der Waals surface area contributed by atoms with Gasteiger partial charge >= 0.3 is 5.97 Å². The Bertz CT molecular complexity index is 1100. The molecule has 5 nitrogen and oxygen atoms in total.